The minimum absolute atomic E-state index is 0.425. The summed E-state index contributed by atoms with van der Waals surface area (Å²) in [6.07, 6.45) is 5.32. The Morgan fingerprint density at radius 2 is 1.86 bits per heavy atom. The Hall–Kier alpha value is -0.900. The van der Waals surface area contributed by atoms with Crippen molar-refractivity contribution < 1.29 is 4.74 Å². The molecular formula is C18H28N2O. The van der Waals surface area contributed by atoms with Crippen LogP contribution in [0.2, 0.25) is 0 Å². The molecule has 2 heterocycles. The third-order valence-electron chi connectivity index (χ3n) is 4.79. The number of nitrogens with one attached hydrogen (secondary N) is 1. The van der Waals surface area contributed by atoms with Gasteiger partial charge >= 0.3 is 0 Å². The fraction of sp³-hybridized carbons (Fsp3) is 0.667. The molecule has 0 spiro atoms. The molecule has 2 aliphatic rings. The van der Waals surface area contributed by atoms with Gasteiger partial charge in [-0.2, -0.15) is 0 Å². The van der Waals surface area contributed by atoms with Crippen LogP contribution in [0.15, 0.2) is 30.3 Å². The number of hydrogen-bond acceptors (Lipinski definition) is 3. The Morgan fingerprint density at radius 3 is 2.57 bits per heavy atom. The molecule has 2 unspecified atom stereocenters. The molecule has 2 fully saturated rings. The number of likely N-dealkylation sites (tertiary alicyclic amines) is 1. The van der Waals surface area contributed by atoms with Gasteiger partial charge in [-0.3, -0.25) is 4.90 Å². The second-order valence-electron chi connectivity index (χ2n) is 6.61. The van der Waals surface area contributed by atoms with Crippen LogP contribution in [0.3, 0.4) is 0 Å². The fourth-order valence-electron chi connectivity index (χ4n) is 3.58. The molecule has 3 nitrogen and oxygen atoms in total. The number of ether oxygens (including phenoxy) is 1. The lowest BCUT2D eigenvalue weighted by Crippen LogP contribution is -2.48. The van der Waals surface area contributed by atoms with Crippen molar-refractivity contribution >= 4 is 0 Å². The average Bonchev–Trinajstić information content (AvgIpc) is 2.50. The van der Waals surface area contributed by atoms with E-state index in [9.17, 15) is 0 Å². The molecule has 3 heteroatoms. The van der Waals surface area contributed by atoms with Crippen LogP contribution in [-0.2, 0) is 11.3 Å². The molecule has 0 saturated carbocycles. The van der Waals surface area contributed by atoms with Crippen LogP contribution in [0.4, 0.5) is 0 Å². The number of piperidine rings is 1. The SMILES string of the molecule is CC1CC(NC2CCN(Cc3ccccc3)CC2)CCO1. The van der Waals surface area contributed by atoms with E-state index in [1.165, 1.54) is 44.3 Å². The van der Waals surface area contributed by atoms with Gasteiger partial charge in [-0.1, -0.05) is 30.3 Å². The third kappa shape index (κ3) is 4.53. The van der Waals surface area contributed by atoms with Crippen LogP contribution in [0.25, 0.3) is 0 Å². The quantitative estimate of drug-likeness (QED) is 0.922. The molecule has 116 valence electrons. The molecule has 0 bridgehead atoms. The summed E-state index contributed by atoms with van der Waals surface area (Å²) in [5.41, 5.74) is 1.43. The predicted molar refractivity (Wildman–Crippen MR) is 86.3 cm³/mol. The predicted octanol–water partition coefficient (Wildman–Crippen LogP) is 2.81. The Labute approximate surface area is 128 Å². The monoisotopic (exact) mass is 288 g/mol. The standard InChI is InChI=1S/C18H28N2O/c1-15-13-18(9-12-21-15)19-17-7-10-20(11-8-17)14-16-5-3-2-4-6-16/h2-6,15,17-19H,7-14H2,1H3. The highest BCUT2D eigenvalue weighted by molar-refractivity contribution is 5.14. The summed E-state index contributed by atoms with van der Waals surface area (Å²) in [5, 5.41) is 3.87. The molecule has 21 heavy (non-hydrogen) atoms. The maximum atomic E-state index is 5.63. The van der Waals surface area contributed by atoms with Crippen LogP contribution < -0.4 is 5.32 Å². The molecule has 2 aliphatic heterocycles. The summed E-state index contributed by atoms with van der Waals surface area (Å²) in [7, 11) is 0. The van der Waals surface area contributed by atoms with Crippen LogP contribution in [0.1, 0.15) is 38.2 Å². The van der Waals surface area contributed by atoms with E-state index in [1.54, 1.807) is 0 Å². The zero-order valence-electron chi connectivity index (χ0n) is 13.1. The first-order valence-corrected chi connectivity index (χ1v) is 8.43. The molecule has 0 aromatic heterocycles. The van der Waals surface area contributed by atoms with Crippen molar-refractivity contribution in [2.75, 3.05) is 19.7 Å². The van der Waals surface area contributed by atoms with Crippen molar-refractivity contribution in [1.29, 1.82) is 0 Å². The topological polar surface area (TPSA) is 24.5 Å². The minimum atomic E-state index is 0.425. The van der Waals surface area contributed by atoms with Gasteiger partial charge in [-0.25, -0.2) is 0 Å². The Morgan fingerprint density at radius 1 is 1.10 bits per heavy atom. The van der Waals surface area contributed by atoms with Gasteiger partial charge in [-0.05, 0) is 51.3 Å². The van der Waals surface area contributed by atoms with Crippen LogP contribution >= 0.6 is 0 Å². The smallest absolute Gasteiger partial charge is 0.0561 e. The summed E-state index contributed by atoms with van der Waals surface area (Å²) in [6.45, 7) is 6.64. The first kappa shape index (κ1) is 15.0. The van der Waals surface area contributed by atoms with E-state index < -0.39 is 0 Å². The van der Waals surface area contributed by atoms with E-state index in [1.807, 2.05) is 0 Å². The van der Waals surface area contributed by atoms with Gasteiger partial charge in [0.2, 0.25) is 0 Å². The Bertz CT molecular complexity index is 414. The second kappa shape index (κ2) is 7.39. The average molecular weight is 288 g/mol. The molecular weight excluding hydrogens is 260 g/mol. The van der Waals surface area contributed by atoms with Gasteiger partial charge in [-0.15, -0.1) is 0 Å². The Balaban J connectivity index is 1.40. The lowest BCUT2D eigenvalue weighted by Gasteiger charge is -2.36. The largest absolute Gasteiger partial charge is 0.378 e. The third-order valence-corrected chi connectivity index (χ3v) is 4.79. The molecule has 3 rings (SSSR count). The summed E-state index contributed by atoms with van der Waals surface area (Å²) in [4.78, 5) is 2.58. The number of benzene rings is 1. The summed E-state index contributed by atoms with van der Waals surface area (Å²) < 4.78 is 5.63. The van der Waals surface area contributed by atoms with Crippen molar-refractivity contribution in [2.45, 2.75) is 57.3 Å². The number of rotatable bonds is 4. The molecule has 1 N–H and O–H groups in total. The summed E-state index contributed by atoms with van der Waals surface area (Å²) >= 11 is 0. The molecule has 1 aromatic carbocycles. The minimum Gasteiger partial charge on any atom is -0.378 e. The van der Waals surface area contributed by atoms with Crippen molar-refractivity contribution in [3.63, 3.8) is 0 Å². The number of hydrogen-bond donors (Lipinski definition) is 1. The summed E-state index contributed by atoms with van der Waals surface area (Å²) in [5.74, 6) is 0. The van der Waals surface area contributed by atoms with Gasteiger partial charge in [0.05, 0.1) is 6.10 Å². The van der Waals surface area contributed by atoms with E-state index in [-0.39, 0.29) is 0 Å². The molecule has 0 aliphatic carbocycles. The van der Waals surface area contributed by atoms with Gasteiger partial charge in [0, 0.05) is 25.2 Å². The first-order valence-electron chi connectivity index (χ1n) is 8.43. The van der Waals surface area contributed by atoms with Gasteiger partial charge in [0.25, 0.3) is 0 Å². The van der Waals surface area contributed by atoms with Crippen molar-refractivity contribution in [3.8, 4) is 0 Å². The van der Waals surface area contributed by atoms with Gasteiger partial charge < -0.3 is 10.1 Å². The highest BCUT2D eigenvalue weighted by Gasteiger charge is 2.24. The fourth-order valence-corrected chi connectivity index (χ4v) is 3.58. The van der Waals surface area contributed by atoms with Crippen molar-refractivity contribution in [1.82, 2.24) is 10.2 Å². The normalized spacial score (nSPS) is 28.6. The highest BCUT2D eigenvalue weighted by Crippen LogP contribution is 2.18. The lowest BCUT2D eigenvalue weighted by atomic mass is 9.99. The molecule has 0 radical (unpaired) electrons. The van der Waals surface area contributed by atoms with Crippen LogP contribution in [-0.4, -0.2) is 42.8 Å². The molecule has 1 aromatic rings. The number of nitrogens with zero attached hydrogens (tertiary/aromatic N) is 1. The van der Waals surface area contributed by atoms with Crippen LogP contribution in [0, 0.1) is 0 Å². The summed E-state index contributed by atoms with van der Waals surface area (Å²) in [6, 6.07) is 12.2. The Kier molecular flexibility index (Phi) is 5.28. The van der Waals surface area contributed by atoms with Crippen molar-refractivity contribution in [3.05, 3.63) is 35.9 Å². The second-order valence-corrected chi connectivity index (χ2v) is 6.61. The zero-order chi connectivity index (χ0) is 14.5. The van der Waals surface area contributed by atoms with E-state index in [4.69, 9.17) is 4.74 Å². The van der Waals surface area contributed by atoms with Gasteiger partial charge in [0.1, 0.15) is 0 Å². The van der Waals surface area contributed by atoms with E-state index in [0.717, 1.165) is 13.2 Å². The first-order chi connectivity index (χ1) is 10.3. The lowest BCUT2D eigenvalue weighted by molar-refractivity contribution is 0.00934. The maximum absolute atomic E-state index is 5.63. The molecule has 2 atom stereocenters. The highest BCUT2D eigenvalue weighted by atomic mass is 16.5. The molecule has 2 saturated heterocycles. The molecule has 0 amide bonds. The van der Waals surface area contributed by atoms with E-state index >= 15 is 0 Å². The van der Waals surface area contributed by atoms with Crippen LogP contribution in [0.5, 0.6) is 0 Å². The van der Waals surface area contributed by atoms with Gasteiger partial charge in [0.15, 0.2) is 0 Å². The van der Waals surface area contributed by atoms with Crippen molar-refractivity contribution in [2.24, 2.45) is 0 Å². The zero-order valence-corrected chi connectivity index (χ0v) is 13.1. The maximum Gasteiger partial charge on any atom is 0.0561 e. The van der Waals surface area contributed by atoms with E-state index in [2.05, 4.69) is 47.5 Å². The van der Waals surface area contributed by atoms with E-state index in [0.29, 0.717) is 18.2 Å².